The molecule has 0 aliphatic heterocycles. The second-order valence-electron chi connectivity index (χ2n) is 4.11. The average molecular weight is 278 g/mol. The highest BCUT2D eigenvalue weighted by atomic mass is 32.2. The number of carboxylic acid groups (broad SMARTS) is 1. The van der Waals surface area contributed by atoms with Gasteiger partial charge in [0.15, 0.2) is 0 Å². The molecule has 2 atom stereocenters. The van der Waals surface area contributed by atoms with E-state index in [1.54, 1.807) is 11.8 Å². The Morgan fingerprint density at radius 3 is 2.44 bits per heavy atom. The third-order valence-corrected chi connectivity index (χ3v) is 3.19. The van der Waals surface area contributed by atoms with Crippen LogP contribution in [0.25, 0.3) is 0 Å². The molecule has 2 unspecified atom stereocenters. The molecular formula is C11H22N2O4S. The van der Waals surface area contributed by atoms with Crippen molar-refractivity contribution in [3.63, 3.8) is 0 Å². The molecule has 0 fully saturated rings. The van der Waals surface area contributed by atoms with Crippen LogP contribution in [0.3, 0.4) is 0 Å². The van der Waals surface area contributed by atoms with Crippen molar-refractivity contribution in [2.24, 2.45) is 5.92 Å². The summed E-state index contributed by atoms with van der Waals surface area (Å²) in [6.45, 7) is 2.84. The van der Waals surface area contributed by atoms with Crippen LogP contribution in [0.15, 0.2) is 0 Å². The van der Waals surface area contributed by atoms with Crippen molar-refractivity contribution < 1.29 is 19.4 Å². The zero-order valence-electron chi connectivity index (χ0n) is 11.1. The molecule has 0 aromatic heterocycles. The minimum atomic E-state index is -0.947. The minimum Gasteiger partial charge on any atom is -0.481 e. The van der Waals surface area contributed by atoms with Gasteiger partial charge in [-0.1, -0.05) is 6.92 Å². The van der Waals surface area contributed by atoms with Crippen LogP contribution in [-0.4, -0.2) is 55.4 Å². The fraction of sp³-hybridized carbons (Fsp3) is 0.818. The van der Waals surface area contributed by atoms with E-state index in [-0.39, 0.29) is 19.0 Å². The normalized spacial score (nSPS) is 13.7. The lowest BCUT2D eigenvalue weighted by molar-refractivity contribution is -0.139. The van der Waals surface area contributed by atoms with Crippen molar-refractivity contribution >= 4 is 23.8 Å². The number of carbonyl (C=O) groups excluding carboxylic acids is 1. The number of rotatable bonds is 9. The monoisotopic (exact) mass is 278 g/mol. The molecule has 0 saturated heterocycles. The van der Waals surface area contributed by atoms with Crippen molar-refractivity contribution in [2.75, 3.05) is 32.2 Å². The number of hydrogen-bond acceptors (Lipinski definition) is 4. The van der Waals surface area contributed by atoms with Gasteiger partial charge in [-0.2, -0.15) is 11.8 Å². The van der Waals surface area contributed by atoms with Crippen LogP contribution in [-0.2, 0) is 9.53 Å². The van der Waals surface area contributed by atoms with Crippen molar-refractivity contribution in [2.45, 2.75) is 19.4 Å². The highest BCUT2D eigenvalue weighted by Gasteiger charge is 2.13. The Bertz CT molecular complexity index is 263. The molecule has 0 aromatic rings. The molecule has 0 heterocycles. The maximum Gasteiger partial charge on any atom is 0.314 e. The highest BCUT2D eigenvalue weighted by molar-refractivity contribution is 7.98. The molecule has 0 aliphatic carbocycles. The van der Waals surface area contributed by atoms with Crippen LogP contribution in [0.2, 0.25) is 0 Å². The van der Waals surface area contributed by atoms with Gasteiger partial charge in [-0.15, -0.1) is 0 Å². The first-order valence-corrected chi connectivity index (χ1v) is 7.14. The quantitative estimate of drug-likeness (QED) is 0.580. The van der Waals surface area contributed by atoms with E-state index in [1.165, 1.54) is 7.11 Å². The Morgan fingerprint density at radius 1 is 1.33 bits per heavy atom. The number of aliphatic carboxylic acids is 1. The van der Waals surface area contributed by atoms with E-state index in [9.17, 15) is 9.59 Å². The van der Waals surface area contributed by atoms with Crippen LogP contribution in [0, 0.1) is 5.92 Å². The molecule has 0 radical (unpaired) electrons. The van der Waals surface area contributed by atoms with E-state index >= 15 is 0 Å². The Hall–Kier alpha value is -0.950. The van der Waals surface area contributed by atoms with E-state index in [0.717, 1.165) is 5.75 Å². The Balaban J connectivity index is 3.77. The summed E-state index contributed by atoms with van der Waals surface area (Å²) in [7, 11) is 1.42. The van der Waals surface area contributed by atoms with Crippen LogP contribution in [0.1, 0.15) is 13.3 Å². The molecule has 3 N–H and O–H groups in total. The van der Waals surface area contributed by atoms with Gasteiger partial charge in [-0.3, -0.25) is 4.79 Å². The maximum absolute atomic E-state index is 11.4. The molecule has 0 aliphatic rings. The first kappa shape index (κ1) is 17.1. The number of thioether (sulfide) groups is 1. The van der Waals surface area contributed by atoms with Gasteiger partial charge in [0.2, 0.25) is 0 Å². The molecule has 18 heavy (non-hydrogen) atoms. The molecule has 106 valence electrons. The summed E-state index contributed by atoms with van der Waals surface area (Å²) in [4.78, 5) is 21.9. The zero-order valence-corrected chi connectivity index (χ0v) is 11.9. The smallest absolute Gasteiger partial charge is 0.314 e. The molecular weight excluding hydrogens is 256 g/mol. The highest BCUT2D eigenvalue weighted by Crippen LogP contribution is 2.02. The fourth-order valence-corrected chi connectivity index (χ4v) is 2.00. The zero-order chi connectivity index (χ0) is 14.0. The summed E-state index contributed by atoms with van der Waals surface area (Å²) in [5.74, 6) is 0.445. The number of urea groups is 1. The number of carbonyl (C=O) groups is 2. The maximum atomic E-state index is 11.4. The summed E-state index contributed by atoms with van der Waals surface area (Å²) in [6.07, 6.45) is 1.39. The Labute approximate surface area is 112 Å². The van der Waals surface area contributed by atoms with Crippen molar-refractivity contribution in [3.05, 3.63) is 0 Å². The van der Waals surface area contributed by atoms with Crippen molar-refractivity contribution in [1.82, 2.24) is 10.6 Å². The predicted molar refractivity (Wildman–Crippen MR) is 72.0 cm³/mol. The first-order valence-electron chi connectivity index (χ1n) is 5.74. The predicted octanol–water partition coefficient (Wildman–Crippen LogP) is 0.774. The van der Waals surface area contributed by atoms with Gasteiger partial charge in [0.1, 0.15) is 0 Å². The summed E-state index contributed by atoms with van der Waals surface area (Å²) in [5, 5.41) is 13.9. The third-order valence-electron chi connectivity index (χ3n) is 2.29. The average Bonchev–Trinajstić information content (AvgIpc) is 2.31. The van der Waals surface area contributed by atoms with Crippen molar-refractivity contribution in [1.29, 1.82) is 0 Å². The van der Waals surface area contributed by atoms with E-state index in [0.29, 0.717) is 12.5 Å². The molecule has 0 bridgehead atoms. The standard InChI is InChI=1S/C11H22N2O4S/c1-8(7-18-3)5-12-11(16)13-6-9(17-2)4-10(14)15/h8-9H,4-7H2,1-3H3,(H,14,15)(H2,12,13,16). The molecule has 0 aromatic carbocycles. The van der Waals surface area contributed by atoms with Crippen LogP contribution in [0.5, 0.6) is 0 Å². The lowest BCUT2D eigenvalue weighted by Crippen LogP contribution is -2.42. The number of carboxylic acids is 1. The second-order valence-corrected chi connectivity index (χ2v) is 5.02. The topological polar surface area (TPSA) is 87.7 Å². The van der Waals surface area contributed by atoms with E-state index in [2.05, 4.69) is 17.6 Å². The molecule has 7 heteroatoms. The van der Waals surface area contributed by atoms with Gasteiger partial charge in [-0.25, -0.2) is 4.79 Å². The Kier molecular flexibility index (Phi) is 9.49. The van der Waals surface area contributed by atoms with E-state index < -0.39 is 12.1 Å². The van der Waals surface area contributed by atoms with E-state index in [1.807, 2.05) is 6.26 Å². The summed E-state index contributed by atoms with van der Waals surface area (Å²) >= 11 is 1.73. The van der Waals surface area contributed by atoms with Gasteiger partial charge in [0, 0.05) is 20.2 Å². The number of ether oxygens (including phenoxy) is 1. The summed E-state index contributed by atoms with van der Waals surface area (Å²) in [5.41, 5.74) is 0. The van der Waals surface area contributed by atoms with Gasteiger partial charge >= 0.3 is 12.0 Å². The Morgan fingerprint density at radius 2 is 1.94 bits per heavy atom. The summed E-state index contributed by atoms with van der Waals surface area (Å²) in [6, 6.07) is -0.296. The fourth-order valence-electron chi connectivity index (χ4n) is 1.31. The third kappa shape index (κ3) is 9.12. The molecule has 6 nitrogen and oxygen atoms in total. The number of amides is 2. The largest absolute Gasteiger partial charge is 0.481 e. The van der Waals surface area contributed by atoms with Gasteiger partial charge in [-0.05, 0) is 17.9 Å². The lowest BCUT2D eigenvalue weighted by atomic mass is 10.2. The molecule has 0 rings (SSSR count). The first-order chi connectivity index (χ1) is 8.49. The van der Waals surface area contributed by atoms with Crippen LogP contribution in [0.4, 0.5) is 4.79 Å². The molecule has 0 saturated carbocycles. The molecule has 0 spiro atoms. The van der Waals surface area contributed by atoms with Gasteiger partial charge in [0.25, 0.3) is 0 Å². The van der Waals surface area contributed by atoms with Crippen LogP contribution < -0.4 is 10.6 Å². The minimum absolute atomic E-state index is 0.125. The van der Waals surface area contributed by atoms with Crippen molar-refractivity contribution in [3.8, 4) is 0 Å². The number of nitrogens with one attached hydrogen (secondary N) is 2. The van der Waals surface area contributed by atoms with E-state index in [4.69, 9.17) is 9.84 Å². The number of hydrogen-bond donors (Lipinski definition) is 3. The number of methoxy groups -OCH3 is 1. The second kappa shape index (κ2) is 10.0. The van der Waals surface area contributed by atoms with Gasteiger partial charge < -0.3 is 20.5 Å². The SMILES string of the molecule is COC(CNC(=O)NCC(C)CSC)CC(=O)O. The van der Waals surface area contributed by atoms with Gasteiger partial charge in [0.05, 0.1) is 12.5 Å². The summed E-state index contributed by atoms with van der Waals surface area (Å²) < 4.78 is 4.95. The molecule has 2 amide bonds. The van der Waals surface area contributed by atoms with Crippen LogP contribution >= 0.6 is 11.8 Å². The lowest BCUT2D eigenvalue weighted by Gasteiger charge is -2.15.